The molecule has 1 aromatic rings. The van der Waals surface area contributed by atoms with Gasteiger partial charge >= 0.3 is 6.61 Å². The molecule has 0 aliphatic heterocycles. The number of rotatable bonds is 3. The molecule has 0 aromatic carbocycles. The van der Waals surface area contributed by atoms with Gasteiger partial charge in [-0.3, -0.25) is 4.79 Å². The highest BCUT2D eigenvalue weighted by Gasteiger charge is 2.07. The van der Waals surface area contributed by atoms with E-state index >= 15 is 0 Å². The molecule has 13 heavy (non-hydrogen) atoms. The lowest BCUT2D eigenvalue weighted by atomic mass is 10.3. The van der Waals surface area contributed by atoms with Crippen LogP contribution in [0.3, 0.4) is 0 Å². The van der Waals surface area contributed by atoms with Crippen LogP contribution >= 0.6 is 0 Å². The van der Waals surface area contributed by atoms with E-state index in [0.29, 0.717) is 0 Å². The molecule has 4 nitrogen and oxygen atoms in total. The Bertz CT molecular complexity index is 337. The summed E-state index contributed by atoms with van der Waals surface area (Å²) in [5, 5.41) is 8.58. The number of pyridine rings is 1. The molecule has 1 aromatic heterocycles. The van der Waals surface area contributed by atoms with Crippen LogP contribution in [0.2, 0.25) is 0 Å². The van der Waals surface area contributed by atoms with Crippen LogP contribution in [-0.2, 0) is 6.61 Å². The van der Waals surface area contributed by atoms with E-state index in [2.05, 4.69) is 9.72 Å². The zero-order chi connectivity index (χ0) is 9.84. The first-order valence-electron chi connectivity index (χ1n) is 3.40. The monoisotopic (exact) mass is 191 g/mol. The van der Waals surface area contributed by atoms with Crippen LogP contribution in [0.5, 0.6) is 5.75 Å². The summed E-state index contributed by atoms with van der Waals surface area (Å²) in [6.07, 6.45) is 0.986. The Hall–Kier alpha value is -1.43. The quantitative estimate of drug-likeness (QED) is 0.729. The number of halogens is 2. The highest BCUT2D eigenvalue weighted by Crippen LogP contribution is 2.06. The Kier molecular flexibility index (Phi) is 2.97. The summed E-state index contributed by atoms with van der Waals surface area (Å²) in [4.78, 5) is 13.4. The van der Waals surface area contributed by atoms with Gasteiger partial charge in [0.25, 0.3) is 0 Å². The molecule has 0 aliphatic rings. The van der Waals surface area contributed by atoms with Crippen LogP contribution in [0, 0.1) is 0 Å². The van der Waals surface area contributed by atoms with Crippen LogP contribution in [0.25, 0.3) is 0 Å². The SMILES string of the molecule is O=c1cc(CO)[nH]cc1OC(F)F. The first-order chi connectivity index (χ1) is 6.13. The number of aromatic amines is 1. The predicted octanol–water partition coefficient (Wildman–Crippen LogP) is 0.469. The normalized spacial score (nSPS) is 10.5. The van der Waals surface area contributed by atoms with Crippen LogP contribution < -0.4 is 10.2 Å². The minimum Gasteiger partial charge on any atom is -0.429 e. The lowest BCUT2D eigenvalue weighted by Crippen LogP contribution is -2.12. The Morgan fingerprint density at radius 2 is 2.31 bits per heavy atom. The molecule has 0 aliphatic carbocycles. The van der Waals surface area contributed by atoms with E-state index in [-0.39, 0.29) is 12.3 Å². The molecular weight excluding hydrogens is 184 g/mol. The van der Waals surface area contributed by atoms with E-state index in [1.165, 1.54) is 0 Å². The summed E-state index contributed by atoms with van der Waals surface area (Å²) >= 11 is 0. The smallest absolute Gasteiger partial charge is 0.387 e. The lowest BCUT2D eigenvalue weighted by molar-refractivity contribution is -0.0508. The van der Waals surface area contributed by atoms with Crippen LogP contribution in [0.15, 0.2) is 17.1 Å². The van der Waals surface area contributed by atoms with Crippen molar-refractivity contribution in [1.82, 2.24) is 4.98 Å². The first-order valence-corrected chi connectivity index (χ1v) is 3.40. The van der Waals surface area contributed by atoms with Gasteiger partial charge in [0.05, 0.1) is 6.61 Å². The molecule has 0 radical (unpaired) electrons. The van der Waals surface area contributed by atoms with E-state index in [0.717, 1.165) is 12.3 Å². The number of H-pyrrole nitrogens is 1. The fourth-order valence-corrected chi connectivity index (χ4v) is 0.780. The predicted molar refractivity (Wildman–Crippen MR) is 39.6 cm³/mol. The van der Waals surface area contributed by atoms with Crippen molar-refractivity contribution >= 4 is 0 Å². The summed E-state index contributed by atoms with van der Waals surface area (Å²) in [6.45, 7) is -3.38. The van der Waals surface area contributed by atoms with Crippen molar-refractivity contribution in [2.45, 2.75) is 13.2 Å². The lowest BCUT2D eigenvalue weighted by Gasteiger charge is -2.03. The maximum absolute atomic E-state index is 11.7. The molecule has 72 valence electrons. The molecule has 0 bridgehead atoms. The summed E-state index contributed by atoms with van der Waals surface area (Å²) in [6, 6.07) is 0.998. The maximum Gasteiger partial charge on any atom is 0.387 e. The van der Waals surface area contributed by atoms with E-state index in [1.807, 2.05) is 0 Å². The topological polar surface area (TPSA) is 62.3 Å². The zero-order valence-corrected chi connectivity index (χ0v) is 6.46. The van der Waals surface area contributed by atoms with Gasteiger partial charge in [-0.2, -0.15) is 8.78 Å². The second-order valence-electron chi connectivity index (χ2n) is 2.22. The van der Waals surface area contributed by atoms with E-state index < -0.39 is 17.8 Å². The molecule has 0 spiro atoms. The van der Waals surface area contributed by atoms with E-state index in [9.17, 15) is 13.6 Å². The van der Waals surface area contributed by atoms with Crippen LogP contribution in [0.4, 0.5) is 8.78 Å². The number of alkyl halides is 2. The summed E-state index contributed by atoms with van der Waals surface area (Å²) in [5.41, 5.74) is -0.449. The van der Waals surface area contributed by atoms with Gasteiger partial charge in [0, 0.05) is 18.0 Å². The molecule has 0 saturated heterocycles. The van der Waals surface area contributed by atoms with Gasteiger partial charge in [-0.05, 0) is 0 Å². The molecular formula is C7H7F2NO3. The van der Waals surface area contributed by atoms with Crippen LogP contribution in [0.1, 0.15) is 5.69 Å². The molecule has 0 unspecified atom stereocenters. The maximum atomic E-state index is 11.7. The zero-order valence-electron chi connectivity index (χ0n) is 6.46. The number of aliphatic hydroxyl groups is 1. The number of hydrogen-bond acceptors (Lipinski definition) is 3. The van der Waals surface area contributed by atoms with Gasteiger partial charge in [-0.1, -0.05) is 0 Å². The van der Waals surface area contributed by atoms with Crippen molar-refractivity contribution in [2.75, 3.05) is 0 Å². The number of aromatic nitrogens is 1. The van der Waals surface area contributed by atoms with Crippen molar-refractivity contribution in [1.29, 1.82) is 0 Å². The minimum absolute atomic E-state index is 0.242. The largest absolute Gasteiger partial charge is 0.429 e. The van der Waals surface area contributed by atoms with Gasteiger partial charge in [0.1, 0.15) is 0 Å². The second kappa shape index (κ2) is 3.99. The number of hydrogen-bond donors (Lipinski definition) is 2. The molecule has 0 fully saturated rings. The van der Waals surface area contributed by atoms with Gasteiger partial charge in [0.15, 0.2) is 5.75 Å². The second-order valence-corrected chi connectivity index (χ2v) is 2.22. The summed E-state index contributed by atoms with van der Waals surface area (Å²) in [7, 11) is 0. The van der Waals surface area contributed by atoms with Crippen molar-refractivity contribution in [3.8, 4) is 5.75 Å². The van der Waals surface area contributed by atoms with Gasteiger partial charge in [-0.25, -0.2) is 0 Å². The molecule has 1 heterocycles. The fourth-order valence-electron chi connectivity index (χ4n) is 0.780. The third-order valence-electron chi connectivity index (χ3n) is 1.32. The third kappa shape index (κ3) is 2.51. The van der Waals surface area contributed by atoms with Gasteiger partial charge < -0.3 is 14.8 Å². The van der Waals surface area contributed by atoms with E-state index in [1.54, 1.807) is 0 Å². The number of nitrogens with one attached hydrogen (secondary N) is 1. The van der Waals surface area contributed by atoms with Crippen molar-refractivity contribution in [2.24, 2.45) is 0 Å². The first kappa shape index (κ1) is 9.66. The average molecular weight is 191 g/mol. The Morgan fingerprint density at radius 1 is 1.62 bits per heavy atom. The van der Waals surface area contributed by atoms with Gasteiger partial charge in [0.2, 0.25) is 5.43 Å². The van der Waals surface area contributed by atoms with Crippen molar-refractivity contribution in [3.63, 3.8) is 0 Å². The van der Waals surface area contributed by atoms with E-state index in [4.69, 9.17) is 5.11 Å². The molecule has 0 saturated carbocycles. The summed E-state index contributed by atoms with van der Waals surface area (Å²) < 4.78 is 27.2. The minimum atomic E-state index is -3.03. The van der Waals surface area contributed by atoms with Crippen LogP contribution in [-0.4, -0.2) is 16.7 Å². The molecule has 6 heteroatoms. The fraction of sp³-hybridized carbons (Fsp3) is 0.286. The molecule has 0 atom stereocenters. The highest BCUT2D eigenvalue weighted by molar-refractivity contribution is 5.19. The highest BCUT2D eigenvalue weighted by atomic mass is 19.3. The van der Waals surface area contributed by atoms with Crippen molar-refractivity contribution in [3.05, 3.63) is 28.2 Å². The van der Waals surface area contributed by atoms with Gasteiger partial charge in [-0.15, -0.1) is 0 Å². The molecule has 1 rings (SSSR count). The third-order valence-corrected chi connectivity index (χ3v) is 1.32. The average Bonchev–Trinajstić information content (AvgIpc) is 2.08. The standard InChI is InChI=1S/C7H7F2NO3/c8-7(9)13-6-2-10-4(3-11)1-5(6)12/h1-2,7,11H,3H2,(H,10,12). The summed E-state index contributed by atoms with van der Waals surface area (Å²) in [5.74, 6) is -0.466. The number of ether oxygens (including phenoxy) is 1. The Balaban J connectivity index is 2.92. The number of aliphatic hydroxyl groups excluding tert-OH is 1. The Labute approximate surface area is 71.8 Å². The van der Waals surface area contributed by atoms with Crippen molar-refractivity contribution < 1.29 is 18.6 Å². The Morgan fingerprint density at radius 3 is 2.77 bits per heavy atom. The molecule has 0 amide bonds. The molecule has 2 N–H and O–H groups in total.